The predicted octanol–water partition coefficient (Wildman–Crippen LogP) is 0.562. The Bertz CT molecular complexity index is 1300. The molecule has 15 heteroatoms. The van der Waals surface area contributed by atoms with Crippen molar-refractivity contribution in [2.24, 2.45) is 4.99 Å². The minimum atomic E-state index is -1.41. The molecule has 5 rings (SSSR count). The maximum atomic E-state index is 11.7. The molecule has 1 aromatic heterocycles. The van der Waals surface area contributed by atoms with Crippen LogP contribution in [0.4, 0.5) is 0 Å². The van der Waals surface area contributed by atoms with Crippen molar-refractivity contribution < 1.29 is 47.9 Å². The van der Waals surface area contributed by atoms with Gasteiger partial charge in [-0.3, -0.25) is 9.59 Å². The molecule has 1 aromatic carbocycles. The maximum absolute atomic E-state index is 11.7. The van der Waals surface area contributed by atoms with Crippen molar-refractivity contribution in [3.05, 3.63) is 42.1 Å². The molecule has 1 saturated heterocycles. The van der Waals surface area contributed by atoms with E-state index in [1.165, 1.54) is 43.2 Å². The first kappa shape index (κ1) is 27.4. The van der Waals surface area contributed by atoms with Gasteiger partial charge in [0.05, 0.1) is 26.4 Å². The summed E-state index contributed by atoms with van der Waals surface area (Å²) in [6, 6.07) is 3.49. The van der Waals surface area contributed by atoms with Gasteiger partial charge in [-0.15, -0.1) is 0 Å². The minimum absolute atomic E-state index is 0.132. The zero-order valence-electron chi connectivity index (χ0n) is 22.3. The molecular weight excluding hydrogens is 530 g/mol. The Hall–Kier alpha value is -4.21. The molecule has 5 atom stereocenters. The third kappa shape index (κ3) is 5.57. The Morgan fingerprint density at radius 1 is 1.18 bits per heavy atom. The number of ether oxygens (including phenoxy) is 7. The van der Waals surface area contributed by atoms with Gasteiger partial charge in [-0.25, -0.2) is 14.7 Å². The van der Waals surface area contributed by atoms with Crippen LogP contribution < -0.4 is 14.2 Å². The van der Waals surface area contributed by atoms with Gasteiger partial charge in [0, 0.05) is 38.1 Å². The number of benzene rings is 1. The molecule has 15 nitrogen and oxygen atoms in total. The first-order valence-electron chi connectivity index (χ1n) is 12.4. The first-order chi connectivity index (χ1) is 19.3. The van der Waals surface area contributed by atoms with Gasteiger partial charge in [0.15, 0.2) is 17.3 Å². The molecule has 0 saturated carbocycles. The summed E-state index contributed by atoms with van der Waals surface area (Å²) in [6.07, 6.45) is -0.164. The van der Waals surface area contributed by atoms with Gasteiger partial charge in [-0.1, -0.05) is 0 Å². The number of hydrogen-bond donors (Lipinski definition) is 1. The molecule has 0 bridgehead atoms. The molecule has 3 unspecified atom stereocenters. The smallest absolute Gasteiger partial charge is 0.303 e. The number of aliphatic hydroxyl groups excluding tert-OH is 1. The summed E-state index contributed by atoms with van der Waals surface area (Å²) in [5.74, 6) is 0.707. The van der Waals surface area contributed by atoms with E-state index in [9.17, 15) is 14.7 Å². The molecule has 0 amide bonds. The van der Waals surface area contributed by atoms with Crippen LogP contribution >= 0.6 is 0 Å². The van der Waals surface area contributed by atoms with Gasteiger partial charge < -0.3 is 43.2 Å². The zero-order chi connectivity index (χ0) is 28.4. The predicted molar refractivity (Wildman–Crippen MR) is 133 cm³/mol. The van der Waals surface area contributed by atoms with Gasteiger partial charge in [-0.2, -0.15) is 5.10 Å². The van der Waals surface area contributed by atoms with E-state index in [-0.39, 0.29) is 25.5 Å². The fourth-order valence-corrected chi connectivity index (χ4v) is 4.62. The summed E-state index contributed by atoms with van der Waals surface area (Å²) in [4.78, 5) is 32.9. The van der Waals surface area contributed by atoms with Crippen LogP contribution in [-0.4, -0.2) is 94.4 Å². The first-order valence-corrected chi connectivity index (χ1v) is 12.4. The van der Waals surface area contributed by atoms with E-state index in [0.717, 1.165) is 5.56 Å². The molecule has 4 heterocycles. The van der Waals surface area contributed by atoms with Crippen molar-refractivity contribution >= 4 is 17.8 Å². The van der Waals surface area contributed by atoms with Crippen LogP contribution in [0.25, 0.3) is 0 Å². The van der Waals surface area contributed by atoms with Gasteiger partial charge >= 0.3 is 11.9 Å². The number of nitrogens with zero attached hydrogens (tertiary/aromatic N) is 5. The van der Waals surface area contributed by atoms with Gasteiger partial charge in [0.1, 0.15) is 43.4 Å². The number of hydrogen-bond acceptors (Lipinski definition) is 14. The lowest BCUT2D eigenvalue weighted by Gasteiger charge is -2.36. The Labute approximate surface area is 228 Å². The topological polar surface area (TPSA) is 165 Å². The fourth-order valence-electron chi connectivity index (χ4n) is 4.62. The van der Waals surface area contributed by atoms with Crippen LogP contribution in [0.5, 0.6) is 17.2 Å². The van der Waals surface area contributed by atoms with Crippen molar-refractivity contribution in [2.45, 2.75) is 58.0 Å². The molecule has 1 N–H and O–H groups in total. The summed E-state index contributed by atoms with van der Waals surface area (Å²) in [5, 5.41) is 15.2. The molecule has 2 aromatic rings. The van der Waals surface area contributed by atoms with Crippen LogP contribution in [0, 0.1) is 0 Å². The molecule has 0 spiro atoms. The van der Waals surface area contributed by atoms with Crippen LogP contribution in [0.1, 0.15) is 25.8 Å². The molecule has 3 aliphatic heterocycles. The molecule has 0 aliphatic carbocycles. The summed E-state index contributed by atoms with van der Waals surface area (Å²) >= 11 is 0. The number of aliphatic imine (C=N–C) groups is 1. The number of fused-ring (bicyclic) bond motifs is 1. The molecular formula is C25H29N5O10. The lowest BCUT2D eigenvalue weighted by molar-refractivity contribution is -0.158. The van der Waals surface area contributed by atoms with Crippen molar-refractivity contribution in [2.75, 3.05) is 20.8 Å². The van der Waals surface area contributed by atoms with E-state index in [1.54, 1.807) is 25.4 Å². The second-order valence-electron chi connectivity index (χ2n) is 9.06. The summed E-state index contributed by atoms with van der Waals surface area (Å²) in [6.45, 7) is 2.58. The van der Waals surface area contributed by atoms with Gasteiger partial charge in [0.25, 0.3) is 0 Å². The zero-order valence-corrected chi connectivity index (χ0v) is 22.3. The molecule has 3 aliphatic rings. The lowest BCUT2D eigenvalue weighted by atomic mass is 10.1. The van der Waals surface area contributed by atoms with Crippen LogP contribution in [0.2, 0.25) is 0 Å². The SMILES string of the molecule is COc1cc2c(c(OC)c1)OC(C1=CN([C@H]3CC(OC(C)=O)[C@@H](COC(C)=O)O3)C(O)N=C1n1cncn1)OC2. The molecule has 214 valence electrons. The van der Waals surface area contributed by atoms with E-state index in [4.69, 9.17) is 33.2 Å². The van der Waals surface area contributed by atoms with Crippen molar-refractivity contribution in [1.82, 2.24) is 19.7 Å². The second kappa shape index (κ2) is 11.5. The number of aliphatic hydroxyl groups is 1. The third-order valence-corrected chi connectivity index (χ3v) is 6.40. The number of rotatable bonds is 7. The highest BCUT2D eigenvalue weighted by Gasteiger charge is 2.44. The highest BCUT2D eigenvalue weighted by atomic mass is 16.7. The molecule has 40 heavy (non-hydrogen) atoms. The number of esters is 2. The largest absolute Gasteiger partial charge is 0.497 e. The summed E-state index contributed by atoms with van der Waals surface area (Å²) < 4.78 is 41.1. The second-order valence-corrected chi connectivity index (χ2v) is 9.06. The van der Waals surface area contributed by atoms with E-state index < -0.39 is 43.0 Å². The fraction of sp³-hybridized carbons (Fsp3) is 0.480. The average molecular weight is 560 g/mol. The molecule has 1 fully saturated rings. The monoisotopic (exact) mass is 559 g/mol. The van der Waals surface area contributed by atoms with Crippen molar-refractivity contribution in [3.8, 4) is 17.2 Å². The van der Waals surface area contributed by atoms with E-state index >= 15 is 0 Å². The minimum Gasteiger partial charge on any atom is -0.497 e. The van der Waals surface area contributed by atoms with Crippen LogP contribution in [-0.2, 0) is 35.1 Å². The normalized spacial score (nSPS) is 25.7. The van der Waals surface area contributed by atoms with E-state index in [0.29, 0.717) is 22.8 Å². The van der Waals surface area contributed by atoms with Crippen LogP contribution in [0.15, 0.2) is 41.6 Å². The summed E-state index contributed by atoms with van der Waals surface area (Å²) in [5.41, 5.74) is 1.12. The van der Waals surface area contributed by atoms with Gasteiger partial charge in [-0.05, 0) is 6.07 Å². The molecule has 0 radical (unpaired) electrons. The highest BCUT2D eigenvalue weighted by Crippen LogP contribution is 2.41. The van der Waals surface area contributed by atoms with Gasteiger partial charge in [0.2, 0.25) is 12.6 Å². The maximum Gasteiger partial charge on any atom is 0.303 e. The Kier molecular flexibility index (Phi) is 7.86. The average Bonchev–Trinajstić information content (AvgIpc) is 3.61. The number of carbonyl (C=O) groups is 2. The summed E-state index contributed by atoms with van der Waals surface area (Å²) in [7, 11) is 3.07. The van der Waals surface area contributed by atoms with Crippen molar-refractivity contribution in [3.63, 3.8) is 0 Å². The third-order valence-electron chi connectivity index (χ3n) is 6.40. The number of carbonyl (C=O) groups excluding carboxylic acids is 2. The van der Waals surface area contributed by atoms with E-state index in [2.05, 4.69) is 15.1 Å². The lowest BCUT2D eigenvalue weighted by Crippen LogP contribution is -2.46. The van der Waals surface area contributed by atoms with Crippen molar-refractivity contribution in [1.29, 1.82) is 0 Å². The number of aromatic nitrogens is 3. The van der Waals surface area contributed by atoms with E-state index in [1.807, 2.05) is 0 Å². The Balaban J connectivity index is 1.46. The Morgan fingerprint density at radius 2 is 2.00 bits per heavy atom. The number of methoxy groups -OCH3 is 2. The van der Waals surface area contributed by atoms with Crippen LogP contribution in [0.3, 0.4) is 0 Å². The Morgan fingerprint density at radius 3 is 2.67 bits per heavy atom. The standard InChI is InChI=1S/C25H29N5O10/c1-13(31)36-10-20-18(38-14(2)32)7-21(39-20)29-8-17(23(28-25(29)33)30-12-26-11-27-30)24-37-9-15-5-16(34-3)6-19(35-4)22(15)40-24/h5-6,8,11-12,18,20-21,24-25,33H,7,9-10H2,1-4H3/t18?,20-,21-,24?,25?/m1/s1. The highest BCUT2D eigenvalue weighted by molar-refractivity contribution is 6.00. The quantitative estimate of drug-likeness (QED) is 0.468.